The number of anilines is 1. The number of aliphatic hydroxyl groups excluding tert-OH is 1. The molecular formula is C32H49N3O5S. The van der Waals surface area contributed by atoms with Crippen molar-refractivity contribution in [3.63, 3.8) is 0 Å². The van der Waals surface area contributed by atoms with Gasteiger partial charge in [0.15, 0.2) is 0 Å². The molecule has 0 radical (unpaired) electrons. The number of rotatable bonds is 12. The summed E-state index contributed by atoms with van der Waals surface area (Å²) in [6.45, 7) is 15.7. The summed E-state index contributed by atoms with van der Waals surface area (Å²) in [5.74, 6) is -0.572. The van der Waals surface area contributed by atoms with Crippen LogP contribution < -0.4 is 15.4 Å². The largest absolute Gasteiger partial charge is 0.494 e. The Bertz CT molecular complexity index is 1120. The van der Waals surface area contributed by atoms with Gasteiger partial charge in [0.25, 0.3) is 0 Å². The second kappa shape index (κ2) is 12.2. The molecule has 3 saturated heterocycles. The highest BCUT2D eigenvalue weighted by Crippen LogP contribution is 2.68. The molecule has 1 aromatic carbocycles. The van der Waals surface area contributed by atoms with Crippen LogP contribution in [0, 0.1) is 23.2 Å². The van der Waals surface area contributed by atoms with E-state index in [-0.39, 0.29) is 40.9 Å². The van der Waals surface area contributed by atoms with Gasteiger partial charge in [-0.1, -0.05) is 27.7 Å². The lowest BCUT2D eigenvalue weighted by molar-refractivity contribution is -0.139. The molecule has 0 saturated carbocycles. The fraction of sp³-hybridized carbons (Fsp3) is 0.719. The summed E-state index contributed by atoms with van der Waals surface area (Å²) in [4.78, 5) is 44.1. The number of thioether (sulfide) groups is 1. The average Bonchev–Trinajstić information content (AvgIpc) is 3.45. The molecule has 3 fully saturated rings. The predicted octanol–water partition coefficient (Wildman–Crippen LogP) is 4.85. The molecule has 1 aromatic rings. The highest BCUT2D eigenvalue weighted by Gasteiger charge is 2.76. The first kappa shape index (κ1) is 31.7. The molecule has 3 amide bonds. The summed E-state index contributed by atoms with van der Waals surface area (Å²) in [6.07, 6.45) is 3.72. The van der Waals surface area contributed by atoms with E-state index < -0.39 is 28.2 Å². The maximum absolute atomic E-state index is 14.3. The maximum Gasteiger partial charge on any atom is 0.244 e. The Morgan fingerprint density at radius 1 is 1.10 bits per heavy atom. The van der Waals surface area contributed by atoms with E-state index in [9.17, 15) is 19.5 Å². The molecule has 3 heterocycles. The monoisotopic (exact) mass is 587 g/mol. The zero-order valence-corrected chi connectivity index (χ0v) is 26.6. The van der Waals surface area contributed by atoms with E-state index in [4.69, 9.17) is 4.74 Å². The predicted molar refractivity (Wildman–Crippen MR) is 164 cm³/mol. The second-order valence-electron chi connectivity index (χ2n) is 13.9. The van der Waals surface area contributed by atoms with Crippen LogP contribution in [0.25, 0.3) is 0 Å². The number of ether oxygens (including phenoxy) is 1. The van der Waals surface area contributed by atoms with Gasteiger partial charge >= 0.3 is 0 Å². The molecule has 3 unspecified atom stereocenters. The number of carbonyl (C=O) groups is 3. The van der Waals surface area contributed by atoms with Crippen LogP contribution in [0.5, 0.6) is 5.75 Å². The molecule has 4 rings (SSSR count). The molecule has 9 heteroatoms. The summed E-state index contributed by atoms with van der Waals surface area (Å²) in [5, 5.41) is 15.6. The fourth-order valence-electron chi connectivity index (χ4n) is 7.73. The van der Waals surface area contributed by atoms with E-state index in [0.717, 1.165) is 25.0 Å². The van der Waals surface area contributed by atoms with Crippen LogP contribution in [0.3, 0.4) is 0 Å². The van der Waals surface area contributed by atoms with E-state index in [1.807, 2.05) is 45.0 Å². The fourth-order valence-corrected chi connectivity index (χ4v) is 10.2. The van der Waals surface area contributed by atoms with E-state index in [1.165, 1.54) is 0 Å². The number of nitrogens with zero attached hydrogens (tertiary/aromatic N) is 1. The molecule has 228 valence electrons. The summed E-state index contributed by atoms with van der Waals surface area (Å²) in [5.41, 5.74) is 0.230. The summed E-state index contributed by atoms with van der Waals surface area (Å²) >= 11 is 1.70. The van der Waals surface area contributed by atoms with Crippen molar-refractivity contribution in [1.82, 2.24) is 10.2 Å². The normalized spacial score (nSPS) is 29.0. The summed E-state index contributed by atoms with van der Waals surface area (Å²) in [6, 6.07) is 6.65. The Morgan fingerprint density at radius 3 is 2.39 bits per heavy atom. The first-order chi connectivity index (χ1) is 19.2. The molecular weight excluding hydrogens is 538 g/mol. The third-order valence-electron chi connectivity index (χ3n) is 8.72. The zero-order valence-electron chi connectivity index (χ0n) is 25.8. The van der Waals surface area contributed by atoms with Gasteiger partial charge in [-0.05, 0) is 88.5 Å². The Kier molecular flexibility index (Phi) is 9.39. The van der Waals surface area contributed by atoms with Gasteiger partial charge in [0.05, 0.1) is 23.2 Å². The maximum atomic E-state index is 14.3. The molecule has 3 N–H and O–H groups in total. The Labute approximate surface area is 249 Å². The van der Waals surface area contributed by atoms with Crippen LogP contribution in [0.1, 0.15) is 80.6 Å². The Morgan fingerprint density at radius 2 is 1.78 bits per heavy atom. The quantitative estimate of drug-likeness (QED) is 0.302. The number of aliphatic hydroxyl groups is 1. The van der Waals surface area contributed by atoms with Crippen molar-refractivity contribution >= 4 is 35.2 Å². The molecule has 1 spiro atoms. The van der Waals surface area contributed by atoms with Crippen molar-refractivity contribution in [2.45, 2.75) is 102 Å². The van der Waals surface area contributed by atoms with Gasteiger partial charge in [-0.3, -0.25) is 14.4 Å². The molecule has 2 bridgehead atoms. The van der Waals surface area contributed by atoms with Crippen LogP contribution >= 0.6 is 11.8 Å². The van der Waals surface area contributed by atoms with Gasteiger partial charge in [-0.25, -0.2) is 0 Å². The van der Waals surface area contributed by atoms with Crippen molar-refractivity contribution < 1.29 is 24.2 Å². The molecule has 3 aliphatic rings. The first-order valence-electron chi connectivity index (χ1n) is 15.2. The lowest BCUT2D eigenvalue weighted by atomic mass is 9.65. The number of likely N-dealkylation sites (tertiary alicyclic amines) is 1. The van der Waals surface area contributed by atoms with Gasteiger partial charge in [-0.15, -0.1) is 11.8 Å². The second-order valence-corrected chi connectivity index (χ2v) is 15.5. The van der Waals surface area contributed by atoms with Gasteiger partial charge in [-0.2, -0.15) is 0 Å². The van der Waals surface area contributed by atoms with Crippen molar-refractivity contribution in [2.75, 3.05) is 25.1 Å². The minimum absolute atomic E-state index is 0.0175. The molecule has 3 aliphatic heterocycles. The van der Waals surface area contributed by atoms with Gasteiger partial charge < -0.3 is 25.4 Å². The SMILES string of the molecule is CCOc1ccc(NC(=O)[C@@H]2[C@@H]3CC(C)C4(S3)C(C(=O)NC(C)(C)CC(C)(C)C)N(CCCCCO)C(=O)[C@H]24)cc1. The number of fused-ring (bicyclic) bond motifs is 1. The molecule has 8 nitrogen and oxygen atoms in total. The highest BCUT2D eigenvalue weighted by molar-refractivity contribution is 8.02. The van der Waals surface area contributed by atoms with Crippen LogP contribution in [0.15, 0.2) is 24.3 Å². The number of unbranched alkanes of at least 4 members (excludes halogenated alkanes) is 2. The minimum Gasteiger partial charge on any atom is -0.494 e. The third kappa shape index (κ3) is 6.41. The number of carbonyl (C=O) groups excluding carboxylic acids is 3. The van der Waals surface area contributed by atoms with Crippen molar-refractivity contribution in [1.29, 1.82) is 0 Å². The van der Waals surface area contributed by atoms with Crippen molar-refractivity contribution in [3.8, 4) is 5.75 Å². The Balaban J connectivity index is 1.63. The zero-order chi connectivity index (χ0) is 30.2. The van der Waals surface area contributed by atoms with Crippen LogP contribution in [-0.4, -0.2) is 69.1 Å². The number of nitrogens with one attached hydrogen (secondary N) is 2. The van der Waals surface area contributed by atoms with Gasteiger partial charge in [0.2, 0.25) is 17.7 Å². The lowest BCUT2D eigenvalue weighted by Gasteiger charge is -2.41. The number of hydrogen-bond acceptors (Lipinski definition) is 6. The first-order valence-corrected chi connectivity index (χ1v) is 16.1. The summed E-state index contributed by atoms with van der Waals surface area (Å²) < 4.78 is 4.87. The van der Waals surface area contributed by atoms with E-state index in [1.54, 1.807) is 16.7 Å². The van der Waals surface area contributed by atoms with Crippen molar-refractivity contribution in [3.05, 3.63) is 24.3 Å². The van der Waals surface area contributed by atoms with E-state index in [0.29, 0.717) is 31.7 Å². The van der Waals surface area contributed by atoms with Crippen LogP contribution in [0.2, 0.25) is 0 Å². The topological polar surface area (TPSA) is 108 Å². The lowest BCUT2D eigenvalue weighted by Crippen LogP contribution is -2.60. The number of amides is 3. The number of hydrogen-bond donors (Lipinski definition) is 3. The van der Waals surface area contributed by atoms with Gasteiger partial charge in [0.1, 0.15) is 11.8 Å². The van der Waals surface area contributed by atoms with Gasteiger partial charge in [0, 0.05) is 29.6 Å². The third-order valence-corrected chi connectivity index (χ3v) is 10.8. The Hall–Kier alpha value is -2.26. The van der Waals surface area contributed by atoms with Crippen LogP contribution in [0.4, 0.5) is 5.69 Å². The average molecular weight is 588 g/mol. The molecule has 6 atom stereocenters. The summed E-state index contributed by atoms with van der Waals surface area (Å²) in [7, 11) is 0. The standard InChI is InChI=1S/C32H49N3O5S/c1-8-40-22-14-12-21(13-15-22)33-27(37)24-23-18-20(2)32(41-23)25(24)29(39)35(16-10-9-11-17-36)26(32)28(38)34-31(6,7)19-30(3,4)5/h12-15,20,23-26,36H,8-11,16-19H2,1-7H3,(H,33,37)(H,34,38)/t20?,23-,24+,25-,26?,32?/m0/s1. The van der Waals surface area contributed by atoms with Crippen molar-refractivity contribution in [2.24, 2.45) is 23.2 Å². The minimum atomic E-state index is -0.651. The van der Waals surface area contributed by atoms with E-state index in [2.05, 4.69) is 38.3 Å². The molecule has 0 aromatic heterocycles. The smallest absolute Gasteiger partial charge is 0.244 e. The molecule has 41 heavy (non-hydrogen) atoms. The number of benzene rings is 1. The highest BCUT2D eigenvalue weighted by atomic mass is 32.2. The molecule has 0 aliphatic carbocycles. The van der Waals surface area contributed by atoms with Crippen LogP contribution in [-0.2, 0) is 14.4 Å². The van der Waals surface area contributed by atoms with E-state index >= 15 is 0 Å².